The third-order valence-electron chi connectivity index (χ3n) is 6.72. The van der Waals surface area contributed by atoms with Crippen LogP contribution in [0.2, 0.25) is 0 Å². The van der Waals surface area contributed by atoms with Crippen LogP contribution in [0.3, 0.4) is 0 Å². The molecule has 4 nitrogen and oxygen atoms in total. The first-order valence-corrected chi connectivity index (χ1v) is 10.7. The summed E-state index contributed by atoms with van der Waals surface area (Å²) in [4.78, 5) is 6.51. The van der Waals surface area contributed by atoms with Crippen LogP contribution in [0.15, 0.2) is 36.4 Å². The molecule has 3 heterocycles. The minimum absolute atomic E-state index is 0.383. The number of rotatable bonds is 4. The van der Waals surface area contributed by atoms with E-state index in [0.717, 1.165) is 30.9 Å². The third kappa shape index (κ3) is 2.93. The molecule has 0 fully saturated rings. The highest BCUT2D eigenvalue weighted by atomic mass is 16.5. The van der Waals surface area contributed by atoms with Crippen LogP contribution in [-0.2, 0) is 12.8 Å². The summed E-state index contributed by atoms with van der Waals surface area (Å²) in [5.41, 5.74) is 6.99. The molecule has 152 valence electrons. The van der Waals surface area contributed by atoms with Gasteiger partial charge in [-0.1, -0.05) is 32.0 Å². The zero-order valence-corrected chi connectivity index (χ0v) is 17.8. The second-order valence-corrected chi connectivity index (χ2v) is 8.82. The third-order valence-corrected chi connectivity index (χ3v) is 6.72. The van der Waals surface area contributed by atoms with Gasteiger partial charge in [-0.25, -0.2) is 0 Å². The standard InChI is InChI=1S/C25H30N2O2/c1-15(2)11-22-25-19(17-7-5-6-8-20(17)26-25)13-21-18-14-24(29-4)23(28-3)12-16(18)9-10-27(21)22/h5-8,12,14-15,21-22,26H,9-11,13H2,1-4H3. The summed E-state index contributed by atoms with van der Waals surface area (Å²) in [6.07, 6.45) is 3.26. The number of hydrogen-bond acceptors (Lipinski definition) is 3. The molecule has 2 aliphatic heterocycles. The van der Waals surface area contributed by atoms with Crippen LogP contribution in [0.4, 0.5) is 0 Å². The van der Waals surface area contributed by atoms with Crippen LogP contribution >= 0.6 is 0 Å². The largest absolute Gasteiger partial charge is 0.493 e. The van der Waals surface area contributed by atoms with Crippen LogP contribution in [0.1, 0.15) is 54.7 Å². The van der Waals surface area contributed by atoms with E-state index in [9.17, 15) is 0 Å². The quantitative estimate of drug-likeness (QED) is 0.646. The molecule has 0 radical (unpaired) electrons. The van der Waals surface area contributed by atoms with E-state index < -0.39 is 0 Å². The zero-order valence-electron chi connectivity index (χ0n) is 17.8. The highest BCUT2D eigenvalue weighted by Gasteiger charge is 2.40. The SMILES string of the molecule is COc1cc2c(cc1OC)C1Cc3c([nH]c4ccccc34)C(CC(C)C)N1CC2. The van der Waals surface area contributed by atoms with Crippen molar-refractivity contribution in [1.82, 2.24) is 9.88 Å². The Labute approximate surface area is 172 Å². The number of methoxy groups -OCH3 is 2. The monoisotopic (exact) mass is 390 g/mol. The maximum absolute atomic E-state index is 5.65. The molecule has 0 amide bonds. The molecule has 2 unspecified atom stereocenters. The Morgan fingerprint density at radius 1 is 1.10 bits per heavy atom. The van der Waals surface area contributed by atoms with Gasteiger partial charge in [0.15, 0.2) is 11.5 Å². The van der Waals surface area contributed by atoms with Gasteiger partial charge in [-0.05, 0) is 60.1 Å². The van der Waals surface area contributed by atoms with Crippen LogP contribution in [0, 0.1) is 5.92 Å². The normalized spacial score (nSPS) is 21.0. The van der Waals surface area contributed by atoms with Crippen molar-refractivity contribution >= 4 is 10.9 Å². The molecule has 0 saturated carbocycles. The average Bonchev–Trinajstić information content (AvgIpc) is 3.10. The molecule has 1 aromatic heterocycles. The Hall–Kier alpha value is -2.46. The number of H-pyrrole nitrogens is 1. The molecule has 1 N–H and O–H groups in total. The topological polar surface area (TPSA) is 37.5 Å². The lowest BCUT2D eigenvalue weighted by Gasteiger charge is -2.46. The molecular weight excluding hydrogens is 360 g/mol. The Kier molecular flexibility index (Phi) is 4.54. The van der Waals surface area contributed by atoms with Gasteiger partial charge in [0.2, 0.25) is 0 Å². The minimum atomic E-state index is 0.383. The lowest BCUT2D eigenvalue weighted by atomic mass is 9.80. The van der Waals surface area contributed by atoms with Crippen molar-refractivity contribution in [2.24, 2.45) is 5.92 Å². The van der Waals surface area contributed by atoms with Crippen LogP contribution in [-0.4, -0.2) is 30.6 Å². The predicted molar refractivity (Wildman–Crippen MR) is 117 cm³/mol. The van der Waals surface area contributed by atoms with Gasteiger partial charge in [-0.3, -0.25) is 4.90 Å². The smallest absolute Gasteiger partial charge is 0.161 e. The van der Waals surface area contributed by atoms with Crippen molar-refractivity contribution in [3.8, 4) is 11.5 Å². The fraction of sp³-hybridized carbons (Fsp3) is 0.440. The van der Waals surface area contributed by atoms with Gasteiger partial charge in [-0.2, -0.15) is 0 Å². The number of nitrogens with one attached hydrogen (secondary N) is 1. The summed E-state index contributed by atoms with van der Waals surface area (Å²) < 4.78 is 11.2. The van der Waals surface area contributed by atoms with E-state index in [1.165, 1.54) is 39.7 Å². The maximum Gasteiger partial charge on any atom is 0.161 e. The van der Waals surface area contributed by atoms with E-state index in [0.29, 0.717) is 18.0 Å². The van der Waals surface area contributed by atoms with Gasteiger partial charge in [-0.15, -0.1) is 0 Å². The number of para-hydroxylation sites is 1. The Morgan fingerprint density at radius 3 is 2.62 bits per heavy atom. The van der Waals surface area contributed by atoms with Gasteiger partial charge >= 0.3 is 0 Å². The molecule has 0 bridgehead atoms. The lowest BCUT2D eigenvalue weighted by molar-refractivity contribution is 0.0902. The van der Waals surface area contributed by atoms with Crippen LogP contribution in [0.25, 0.3) is 10.9 Å². The van der Waals surface area contributed by atoms with Crippen molar-refractivity contribution in [3.05, 3.63) is 58.8 Å². The van der Waals surface area contributed by atoms with Gasteiger partial charge in [0.1, 0.15) is 0 Å². The zero-order chi connectivity index (χ0) is 20.1. The number of hydrogen-bond donors (Lipinski definition) is 1. The summed E-state index contributed by atoms with van der Waals surface area (Å²) in [7, 11) is 3.45. The van der Waals surface area contributed by atoms with Gasteiger partial charge < -0.3 is 14.5 Å². The highest BCUT2D eigenvalue weighted by molar-refractivity contribution is 5.85. The second kappa shape index (κ2) is 7.10. The highest BCUT2D eigenvalue weighted by Crippen LogP contribution is 2.49. The summed E-state index contributed by atoms with van der Waals surface area (Å²) in [6, 6.07) is 14.0. The molecule has 29 heavy (non-hydrogen) atoms. The van der Waals surface area contributed by atoms with Crippen molar-refractivity contribution < 1.29 is 9.47 Å². The summed E-state index contributed by atoms with van der Waals surface area (Å²) in [5, 5.41) is 1.38. The van der Waals surface area contributed by atoms with Crippen molar-refractivity contribution in [3.63, 3.8) is 0 Å². The first kappa shape index (κ1) is 18.6. The van der Waals surface area contributed by atoms with E-state index in [4.69, 9.17) is 9.47 Å². The number of ether oxygens (including phenoxy) is 2. The number of nitrogens with zero attached hydrogens (tertiary/aromatic N) is 1. The van der Waals surface area contributed by atoms with E-state index in [-0.39, 0.29) is 0 Å². The van der Waals surface area contributed by atoms with E-state index in [2.05, 4.69) is 60.1 Å². The predicted octanol–water partition coefficient (Wildman–Crippen LogP) is 5.43. The van der Waals surface area contributed by atoms with Crippen molar-refractivity contribution in [1.29, 1.82) is 0 Å². The van der Waals surface area contributed by atoms with Gasteiger partial charge in [0, 0.05) is 29.2 Å². The van der Waals surface area contributed by atoms with E-state index >= 15 is 0 Å². The first-order valence-electron chi connectivity index (χ1n) is 10.7. The fourth-order valence-electron chi connectivity index (χ4n) is 5.43. The molecule has 0 saturated heterocycles. The fourth-order valence-corrected chi connectivity index (χ4v) is 5.43. The molecule has 2 atom stereocenters. The van der Waals surface area contributed by atoms with Crippen LogP contribution in [0.5, 0.6) is 11.5 Å². The summed E-state index contributed by atoms with van der Waals surface area (Å²) in [5.74, 6) is 2.31. The number of benzene rings is 2. The second-order valence-electron chi connectivity index (χ2n) is 8.82. The molecule has 4 heteroatoms. The summed E-state index contributed by atoms with van der Waals surface area (Å²) >= 11 is 0. The molecule has 0 spiro atoms. The van der Waals surface area contributed by atoms with Gasteiger partial charge in [0.25, 0.3) is 0 Å². The Bertz CT molecular complexity index is 1050. The van der Waals surface area contributed by atoms with Crippen molar-refractivity contribution in [2.75, 3.05) is 20.8 Å². The van der Waals surface area contributed by atoms with E-state index in [1.54, 1.807) is 14.2 Å². The molecule has 0 aliphatic carbocycles. The van der Waals surface area contributed by atoms with Crippen molar-refractivity contribution in [2.45, 2.75) is 45.2 Å². The lowest BCUT2D eigenvalue weighted by Crippen LogP contribution is -2.43. The molecular formula is C25H30N2O2. The molecule has 5 rings (SSSR count). The molecule has 2 aliphatic rings. The average molecular weight is 391 g/mol. The van der Waals surface area contributed by atoms with Crippen LogP contribution < -0.4 is 9.47 Å². The number of fused-ring (bicyclic) bond motifs is 6. The number of aromatic nitrogens is 1. The van der Waals surface area contributed by atoms with Gasteiger partial charge in [0.05, 0.1) is 20.3 Å². The molecule has 3 aromatic rings. The van der Waals surface area contributed by atoms with E-state index in [1.807, 2.05) is 0 Å². The number of aromatic amines is 1. The summed E-state index contributed by atoms with van der Waals surface area (Å²) in [6.45, 7) is 5.74. The molecule has 2 aromatic carbocycles. The Balaban J connectivity index is 1.67. The first-order chi connectivity index (χ1) is 14.1. The Morgan fingerprint density at radius 2 is 1.86 bits per heavy atom. The minimum Gasteiger partial charge on any atom is -0.493 e. The maximum atomic E-state index is 5.65.